The molecule has 4 heteroatoms. The average molecular weight is 209 g/mol. The van der Waals surface area contributed by atoms with E-state index in [1.165, 1.54) is 11.3 Å². The molecular weight excluding hydrogens is 190 g/mol. The number of pyridine rings is 1. The molecule has 84 valence electrons. The Labute approximate surface area is 91.1 Å². The standard InChI is InChI=1S/C10H15N3O.CH4/c1-8-6-10(11)12-7-9(8)13-2-4-14-5-3-13;/h6-7H,2-5H2,1H3,(H2,11,12);1H4. The van der Waals surface area contributed by atoms with Crippen LogP contribution >= 0.6 is 0 Å². The smallest absolute Gasteiger partial charge is 0.123 e. The van der Waals surface area contributed by atoms with Crippen molar-refractivity contribution in [3.05, 3.63) is 17.8 Å². The second-order valence-electron chi connectivity index (χ2n) is 3.50. The maximum Gasteiger partial charge on any atom is 0.123 e. The number of nitrogens with zero attached hydrogens (tertiary/aromatic N) is 2. The van der Waals surface area contributed by atoms with Crippen molar-refractivity contribution >= 4 is 11.5 Å². The summed E-state index contributed by atoms with van der Waals surface area (Å²) in [6.07, 6.45) is 1.84. The van der Waals surface area contributed by atoms with Crippen molar-refractivity contribution in [1.82, 2.24) is 4.98 Å². The Balaban J connectivity index is 0.00000112. The summed E-state index contributed by atoms with van der Waals surface area (Å²) in [6.45, 7) is 5.52. The first-order valence-electron chi connectivity index (χ1n) is 4.82. The second kappa shape index (κ2) is 4.98. The van der Waals surface area contributed by atoms with E-state index in [-0.39, 0.29) is 7.43 Å². The van der Waals surface area contributed by atoms with Gasteiger partial charge in [0, 0.05) is 13.1 Å². The Bertz CT molecular complexity index is 322. The van der Waals surface area contributed by atoms with Crippen molar-refractivity contribution in [3.63, 3.8) is 0 Å². The normalized spacial score (nSPS) is 15.9. The number of aryl methyl sites for hydroxylation is 1. The zero-order valence-electron chi connectivity index (χ0n) is 8.36. The molecule has 2 heterocycles. The van der Waals surface area contributed by atoms with Crippen molar-refractivity contribution in [1.29, 1.82) is 0 Å². The molecule has 0 atom stereocenters. The predicted octanol–water partition coefficient (Wildman–Crippen LogP) is 1.44. The zero-order chi connectivity index (χ0) is 9.97. The minimum Gasteiger partial charge on any atom is -0.384 e. The Kier molecular flexibility index (Phi) is 3.91. The monoisotopic (exact) mass is 209 g/mol. The van der Waals surface area contributed by atoms with E-state index in [4.69, 9.17) is 10.5 Å². The first-order chi connectivity index (χ1) is 6.77. The molecule has 1 saturated heterocycles. The largest absolute Gasteiger partial charge is 0.384 e. The number of hydrogen-bond donors (Lipinski definition) is 1. The molecule has 4 nitrogen and oxygen atoms in total. The Morgan fingerprint density at radius 1 is 1.40 bits per heavy atom. The summed E-state index contributed by atoms with van der Waals surface area (Å²) < 4.78 is 5.30. The van der Waals surface area contributed by atoms with E-state index >= 15 is 0 Å². The molecule has 0 saturated carbocycles. The minimum atomic E-state index is 0. The highest BCUT2D eigenvalue weighted by Gasteiger charge is 2.13. The van der Waals surface area contributed by atoms with Gasteiger partial charge < -0.3 is 15.4 Å². The van der Waals surface area contributed by atoms with E-state index in [9.17, 15) is 0 Å². The molecule has 0 aliphatic carbocycles. The van der Waals surface area contributed by atoms with Gasteiger partial charge in [-0.3, -0.25) is 0 Å². The lowest BCUT2D eigenvalue weighted by atomic mass is 10.2. The molecule has 0 aromatic carbocycles. The van der Waals surface area contributed by atoms with Crippen LogP contribution in [0.15, 0.2) is 12.3 Å². The number of aromatic nitrogens is 1. The van der Waals surface area contributed by atoms with Gasteiger partial charge in [0.15, 0.2) is 0 Å². The van der Waals surface area contributed by atoms with Gasteiger partial charge in [0.1, 0.15) is 5.82 Å². The van der Waals surface area contributed by atoms with Crippen molar-refractivity contribution < 1.29 is 4.74 Å². The molecule has 0 bridgehead atoms. The van der Waals surface area contributed by atoms with Crippen LogP contribution in [-0.2, 0) is 4.74 Å². The molecule has 0 amide bonds. The topological polar surface area (TPSA) is 51.4 Å². The van der Waals surface area contributed by atoms with Crippen molar-refractivity contribution in [2.45, 2.75) is 14.4 Å². The summed E-state index contributed by atoms with van der Waals surface area (Å²) in [5.74, 6) is 0.583. The first kappa shape index (κ1) is 11.8. The number of hydrogen-bond acceptors (Lipinski definition) is 4. The van der Waals surface area contributed by atoms with Crippen LogP contribution in [0.1, 0.15) is 13.0 Å². The van der Waals surface area contributed by atoms with Gasteiger partial charge in [-0.25, -0.2) is 4.98 Å². The third kappa shape index (κ3) is 2.59. The van der Waals surface area contributed by atoms with Gasteiger partial charge in [0.2, 0.25) is 0 Å². The summed E-state index contributed by atoms with van der Waals surface area (Å²) in [4.78, 5) is 6.39. The van der Waals surface area contributed by atoms with E-state index in [0.29, 0.717) is 5.82 Å². The number of rotatable bonds is 1. The van der Waals surface area contributed by atoms with Gasteiger partial charge in [-0.2, -0.15) is 0 Å². The molecule has 1 fully saturated rings. The van der Waals surface area contributed by atoms with Crippen LogP contribution in [0, 0.1) is 6.92 Å². The lowest BCUT2D eigenvalue weighted by Crippen LogP contribution is -2.36. The quantitative estimate of drug-likeness (QED) is 0.760. The molecule has 1 aromatic rings. The van der Waals surface area contributed by atoms with E-state index in [1.54, 1.807) is 0 Å². The van der Waals surface area contributed by atoms with Crippen LogP contribution in [0.25, 0.3) is 0 Å². The van der Waals surface area contributed by atoms with Gasteiger partial charge in [-0.15, -0.1) is 0 Å². The highest BCUT2D eigenvalue weighted by Crippen LogP contribution is 2.20. The minimum absolute atomic E-state index is 0. The van der Waals surface area contributed by atoms with E-state index in [1.807, 2.05) is 12.3 Å². The van der Waals surface area contributed by atoms with Gasteiger partial charge >= 0.3 is 0 Å². The molecule has 0 radical (unpaired) electrons. The second-order valence-corrected chi connectivity index (χ2v) is 3.50. The molecule has 1 aliphatic heterocycles. The van der Waals surface area contributed by atoms with Gasteiger partial charge in [0.05, 0.1) is 25.1 Å². The van der Waals surface area contributed by atoms with Crippen molar-refractivity contribution in [2.24, 2.45) is 0 Å². The number of morpholine rings is 1. The van der Waals surface area contributed by atoms with Crippen LogP contribution in [0.3, 0.4) is 0 Å². The molecule has 2 N–H and O–H groups in total. The molecule has 2 rings (SSSR count). The summed E-state index contributed by atoms with van der Waals surface area (Å²) in [5, 5.41) is 0. The fourth-order valence-electron chi connectivity index (χ4n) is 1.71. The van der Waals surface area contributed by atoms with Crippen LogP contribution in [-0.4, -0.2) is 31.3 Å². The highest BCUT2D eigenvalue weighted by atomic mass is 16.5. The van der Waals surface area contributed by atoms with Gasteiger partial charge in [-0.1, -0.05) is 7.43 Å². The van der Waals surface area contributed by atoms with Gasteiger partial charge in [-0.05, 0) is 18.6 Å². The SMILES string of the molecule is C.Cc1cc(N)ncc1N1CCOCC1. The third-order valence-corrected chi connectivity index (χ3v) is 2.46. The first-order valence-corrected chi connectivity index (χ1v) is 4.82. The van der Waals surface area contributed by atoms with E-state index in [2.05, 4.69) is 16.8 Å². The zero-order valence-corrected chi connectivity index (χ0v) is 8.36. The maximum atomic E-state index is 5.60. The van der Waals surface area contributed by atoms with E-state index < -0.39 is 0 Å². The Hall–Kier alpha value is -1.29. The molecule has 1 aromatic heterocycles. The number of anilines is 2. The molecular formula is C11H19N3O. The number of nitrogens with two attached hydrogens (primary N) is 1. The molecule has 1 aliphatic rings. The van der Waals surface area contributed by atoms with E-state index in [0.717, 1.165) is 26.3 Å². The van der Waals surface area contributed by atoms with Gasteiger partial charge in [0.25, 0.3) is 0 Å². The summed E-state index contributed by atoms with van der Waals surface area (Å²) in [7, 11) is 0. The molecule has 15 heavy (non-hydrogen) atoms. The molecule has 0 spiro atoms. The fraction of sp³-hybridized carbons (Fsp3) is 0.545. The third-order valence-electron chi connectivity index (χ3n) is 2.46. The molecule has 0 unspecified atom stereocenters. The number of ether oxygens (including phenoxy) is 1. The summed E-state index contributed by atoms with van der Waals surface area (Å²) >= 11 is 0. The summed E-state index contributed by atoms with van der Waals surface area (Å²) in [6, 6.07) is 1.91. The summed E-state index contributed by atoms with van der Waals surface area (Å²) in [5.41, 5.74) is 7.95. The highest BCUT2D eigenvalue weighted by molar-refractivity contribution is 5.55. The van der Waals surface area contributed by atoms with Crippen molar-refractivity contribution in [3.8, 4) is 0 Å². The van der Waals surface area contributed by atoms with Crippen LogP contribution in [0.4, 0.5) is 11.5 Å². The fourth-order valence-corrected chi connectivity index (χ4v) is 1.71. The lowest BCUT2D eigenvalue weighted by molar-refractivity contribution is 0.122. The van der Waals surface area contributed by atoms with Crippen LogP contribution in [0.2, 0.25) is 0 Å². The lowest BCUT2D eigenvalue weighted by Gasteiger charge is -2.29. The average Bonchev–Trinajstić information content (AvgIpc) is 2.19. The predicted molar refractivity (Wildman–Crippen MR) is 63.1 cm³/mol. The van der Waals surface area contributed by atoms with Crippen LogP contribution < -0.4 is 10.6 Å². The maximum absolute atomic E-state index is 5.60. The van der Waals surface area contributed by atoms with Crippen LogP contribution in [0.5, 0.6) is 0 Å². The van der Waals surface area contributed by atoms with Crippen molar-refractivity contribution in [2.75, 3.05) is 36.9 Å². The number of nitrogen functional groups attached to an aromatic ring is 1. The Morgan fingerprint density at radius 3 is 2.67 bits per heavy atom. The Morgan fingerprint density at radius 2 is 2.07 bits per heavy atom.